The minimum absolute atomic E-state index is 0.0218. The summed E-state index contributed by atoms with van der Waals surface area (Å²) in [7, 11) is 3.57. The van der Waals surface area contributed by atoms with Gasteiger partial charge in [0.1, 0.15) is 5.75 Å². The molecule has 2 aromatic rings. The molecule has 27 heavy (non-hydrogen) atoms. The zero-order valence-electron chi connectivity index (χ0n) is 16.6. The number of carbonyl (C=O) groups is 1. The Hall–Kier alpha value is -2.34. The number of ether oxygens (including phenoxy) is 2. The molecule has 1 aliphatic rings. The summed E-state index contributed by atoms with van der Waals surface area (Å²) in [5.41, 5.74) is 4.02. The quantitative estimate of drug-likeness (QED) is 0.840. The van der Waals surface area contributed by atoms with Gasteiger partial charge in [0, 0.05) is 13.0 Å². The molecule has 1 N–H and O–H groups in total. The van der Waals surface area contributed by atoms with E-state index in [1.165, 1.54) is 0 Å². The van der Waals surface area contributed by atoms with Crippen molar-refractivity contribution in [1.29, 1.82) is 0 Å². The average Bonchev–Trinajstić information content (AvgIpc) is 2.98. The van der Waals surface area contributed by atoms with Gasteiger partial charge >= 0.3 is 0 Å². The SMILES string of the molecule is COc1c(C)cccc1NC(=O)C1CCC(OCc2c(C)cnn2C)CC1. The highest BCUT2D eigenvalue weighted by Gasteiger charge is 2.27. The molecule has 3 rings (SSSR count). The van der Waals surface area contributed by atoms with Gasteiger partial charge in [0.15, 0.2) is 0 Å². The van der Waals surface area contributed by atoms with E-state index in [2.05, 4.69) is 10.4 Å². The van der Waals surface area contributed by atoms with Crippen molar-refractivity contribution >= 4 is 11.6 Å². The molecule has 1 aromatic carbocycles. The molecule has 0 saturated heterocycles. The zero-order valence-corrected chi connectivity index (χ0v) is 16.6. The van der Waals surface area contributed by atoms with Crippen LogP contribution in [-0.4, -0.2) is 28.9 Å². The van der Waals surface area contributed by atoms with Crippen molar-refractivity contribution in [3.8, 4) is 5.75 Å². The third-order valence-electron chi connectivity index (χ3n) is 5.45. The molecule has 1 saturated carbocycles. The van der Waals surface area contributed by atoms with Crippen LogP contribution in [0.1, 0.15) is 42.5 Å². The van der Waals surface area contributed by atoms with Gasteiger partial charge in [0.05, 0.1) is 37.4 Å². The first-order valence-corrected chi connectivity index (χ1v) is 9.53. The van der Waals surface area contributed by atoms with E-state index >= 15 is 0 Å². The third-order valence-corrected chi connectivity index (χ3v) is 5.45. The molecule has 1 aromatic heterocycles. The van der Waals surface area contributed by atoms with Crippen LogP contribution >= 0.6 is 0 Å². The van der Waals surface area contributed by atoms with Crippen molar-refractivity contribution < 1.29 is 14.3 Å². The minimum Gasteiger partial charge on any atom is -0.494 e. The second-order valence-corrected chi connectivity index (χ2v) is 7.33. The maximum Gasteiger partial charge on any atom is 0.227 e. The maximum atomic E-state index is 12.7. The monoisotopic (exact) mass is 371 g/mol. The summed E-state index contributed by atoms with van der Waals surface area (Å²) in [5.74, 6) is 0.822. The summed E-state index contributed by atoms with van der Waals surface area (Å²) in [4.78, 5) is 12.7. The highest BCUT2D eigenvalue weighted by atomic mass is 16.5. The molecule has 146 valence electrons. The van der Waals surface area contributed by atoms with Crippen LogP contribution in [0.15, 0.2) is 24.4 Å². The van der Waals surface area contributed by atoms with E-state index in [-0.39, 0.29) is 17.9 Å². The van der Waals surface area contributed by atoms with E-state index < -0.39 is 0 Å². The average molecular weight is 371 g/mol. The van der Waals surface area contributed by atoms with E-state index in [0.29, 0.717) is 6.61 Å². The lowest BCUT2D eigenvalue weighted by molar-refractivity contribution is -0.121. The zero-order chi connectivity index (χ0) is 19.4. The number of anilines is 1. The highest BCUT2D eigenvalue weighted by Crippen LogP contribution is 2.31. The molecule has 1 amide bonds. The van der Waals surface area contributed by atoms with Crippen molar-refractivity contribution in [3.63, 3.8) is 0 Å². The third kappa shape index (κ3) is 4.50. The number of methoxy groups -OCH3 is 1. The van der Waals surface area contributed by atoms with Crippen molar-refractivity contribution in [3.05, 3.63) is 41.2 Å². The van der Waals surface area contributed by atoms with Crippen LogP contribution in [0.5, 0.6) is 5.75 Å². The molecule has 6 nitrogen and oxygen atoms in total. The van der Waals surface area contributed by atoms with Crippen molar-refractivity contribution in [2.45, 2.75) is 52.2 Å². The summed E-state index contributed by atoms with van der Waals surface area (Å²) < 4.78 is 13.4. The molecule has 0 atom stereocenters. The van der Waals surface area contributed by atoms with Gasteiger partial charge in [-0.15, -0.1) is 0 Å². The number of aromatic nitrogens is 2. The molecule has 0 radical (unpaired) electrons. The standard InChI is InChI=1S/C21H29N3O3/c1-14-6-5-7-18(20(14)26-4)23-21(25)16-8-10-17(11-9-16)27-13-19-15(2)12-22-24(19)3/h5-7,12,16-17H,8-11,13H2,1-4H3,(H,23,25). The highest BCUT2D eigenvalue weighted by molar-refractivity contribution is 5.94. The van der Waals surface area contributed by atoms with Gasteiger partial charge < -0.3 is 14.8 Å². The minimum atomic E-state index is 0.0218. The Kier molecular flexibility index (Phi) is 6.16. The second kappa shape index (κ2) is 8.57. The summed E-state index contributed by atoms with van der Waals surface area (Å²) in [5, 5.41) is 7.29. The fourth-order valence-corrected chi connectivity index (χ4v) is 3.72. The van der Waals surface area contributed by atoms with Crippen LogP contribution < -0.4 is 10.1 Å². The lowest BCUT2D eigenvalue weighted by atomic mass is 9.86. The van der Waals surface area contributed by atoms with Crippen LogP contribution in [0.25, 0.3) is 0 Å². The van der Waals surface area contributed by atoms with Crippen LogP contribution in [0.2, 0.25) is 0 Å². The molecule has 0 aliphatic heterocycles. The van der Waals surface area contributed by atoms with Gasteiger partial charge in [0.25, 0.3) is 0 Å². The number of hydrogen-bond acceptors (Lipinski definition) is 4. The number of benzene rings is 1. The fraction of sp³-hybridized carbons (Fsp3) is 0.524. The number of carbonyl (C=O) groups excluding carboxylic acids is 1. The summed E-state index contributed by atoms with van der Waals surface area (Å²) >= 11 is 0. The van der Waals surface area contributed by atoms with E-state index in [9.17, 15) is 4.79 Å². The molecule has 1 heterocycles. The van der Waals surface area contributed by atoms with E-state index in [0.717, 1.165) is 53.9 Å². The van der Waals surface area contributed by atoms with Crippen LogP contribution in [0.4, 0.5) is 5.69 Å². The first-order chi connectivity index (χ1) is 13.0. The first kappa shape index (κ1) is 19.4. The number of nitrogens with one attached hydrogen (secondary N) is 1. The summed E-state index contributed by atoms with van der Waals surface area (Å²) in [6, 6.07) is 5.79. The van der Waals surface area contributed by atoms with Gasteiger partial charge in [0.2, 0.25) is 5.91 Å². The lowest BCUT2D eigenvalue weighted by Gasteiger charge is -2.28. The normalized spacial score (nSPS) is 19.7. The van der Waals surface area contributed by atoms with Gasteiger partial charge in [-0.25, -0.2) is 0 Å². The molecular formula is C21H29N3O3. The Bertz CT molecular complexity index is 772. The van der Waals surface area contributed by atoms with Gasteiger partial charge in [-0.3, -0.25) is 9.48 Å². The molecule has 1 fully saturated rings. The lowest BCUT2D eigenvalue weighted by Crippen LogP contribution is -2.30. The first-order valence-electron chi connectivity index (χ1n) is 9.53. The Morgan fingerprint density at radius 2 is 1.96 bits per heavy atom. The molecule has 1 aliphatic carbocycles. The predicted molar refractivity (Wildman–Crippen MR) is 105 cm³/mol. The number of para-hydroxylation sites is 1. The number of amides is 1. The van der Waals surface area contributed by atoms with E-state index in [1.54, 1.807) is 7.11 Å². The Balaban J connectivity index is 1.50. The molecular weight excluding hydrogens is 342 g/mol. The summed E-state index contributed by atoms with van der Waals surface area (Å²) in [6.07, 6.45) is 5.56. The maximum absolute atomic E-state index is 12.7. The Morgan fingerprint density at radius 3 is 2.59 bits per heavy atom. The van der Waals surface area contributed by atoms with Gasteiger partial charge in [-0.05, 0) is 56.7 Å². The topological polar surface area (TPSA) is 65.4 Å². The molecule has 0 spiro atoms. The smallest absolute Gasteiger partial charge is 0.227 e. The van der Waals surface area contributed by atoms with Gasteiger partial charge in [-0.1, -0.05) is 12.1 Å². The number of aryl methyl sites for hydroxylation is 3. The van der Waals surface area contributed by atoms with Gasteiger partial charge in [-0.2, -0.15) is 5.10 Å². The Labute approximate surface area is 160 Å². The predicted octanol–water partition coefficient (Wildman–Crippen LogP) is 3.76. The molecule has 6 heteroatoms. The Morgan fingerprint density at radius 1 is 1.22 bits per heavy atom. The van der Waals surface area contributed by atoms with Crippen molar-refractivity contribution in [2.75, 3.05) is 12.4 Å². The van der Waals surface area contributed by atoms with E-state index in [1.807, 2.05) is 50.0 Å². The fourth-order valence-electron chi connectivity index (χ4n) is 3.72. The number of hydrogen-bond donors (Lipinski definition) is 1. The number of rotatable bonds is 6. The van der Waals surface area contributed by atoms with Crippen LogP contribution in [0, 0.1) is 19.8 Å². The van der Waals surface area contributed by atoms with E-state index in [4.69, 9.17) is 9.47 Å². The second-order valence-electron chi connectivity index (χ2n) is 7.33. The summed E-state index contributed by atoms with van der Waals surface area (Å²) in [6.45, 7) is 4.60. The van der Waals surface area contributed by atoms with Crippen LogP contribution in [-0.2, 0) is 23.2 Å². The van der Waals surface area contributed by atoms with Crippen LogP contribution in [0.3, 0.4) is 0 Å². The number of nitrogens with zero attached hydrogens (tertiary/aromatic N) is 2. The largest absolute Gasteiger partial charge is 0.494 e. The molecule has 0 unspecified atom stereocenters. The van der Waals surface area contributed by atoms with Crippen molar-refractivity contribution in [2.24, 2.45) is 13.0 Å². The van der Waals surface area contributed by atoms with Crippen molar-refractivity contribution in [1.82, 2.24) is 9.78 Å². The molecule has 0 bridgehead atoms.